The summed E-state index contributed by atoms with van der Waals surface area (Å²) < 4.78 is 12.6. The third-order valence-corrected chi connectivity index (χ3v) is 7.71. The number of benzene rings is 3. The Morgan fingerprint density at radius 1 is 0.897 bits per heavy atom. The van der Waals surface area contributed by atoms with Gasteiger partial charge in [0.1, 0.15) is 29.1 Å². The topological polar surface area (TPSA) is 50.5 Å². The largest absolute Gasteiger partial charge is 0.459 e. The van der Waals surface area contributed by atoms with Crippen LogP contribution in [0.15, 0.2) is 108 Å². The molecule has 2 aromatic heterocycles. The predicted octanol–water partition coefficient (Wildman–Crippen LogP) is 8.58. The van der Waals surface area contributed by atoms with E-state index in [-0.39, 0.29) is 12.1 Å². The van der Waals surface area contributed by atoms with Crippen LogP contribution < -0.4 is 15.0 Å². The van der Waals surface area contributed by atoms with Crippen molar-refractivity contribution in [1.82, 2.24) is 10.3 Å². The molecule has 1 saturated heterocycles. The van der Waals surface area contributed by atoms with Crippen LogP contribution in [0.5, 0.6) is 11.5 Å². The molecule has 0 aliphatic carbocycles. The van der Waals surface area contributed by atoms with Gasteiger partial charge < -0.3 is 19.4 Å². The van der Waals surface area contributed by atoms with Gasteiger partial charge in [-0.15, -0.1) is 0 Å². The van der Waals surface area contributed by atoms with Crippen molar-refractivity contribution < 1.29 is 9.15 Å². The standard InChI is InChI=1S/C32H26ClN3O2S/c1-20-8-3-4-12-27(20)37-23-15-13-22(14-16-23)36-31(30(35-32(36)39)26-11-5-6-19-34-26)29-18-17-28(38-29)24-9-7-10-25(33)21(24)2/h3-19,30-31H,1-2H3,(H,35,39)/t30-,31+/m0/s1. The quantitative estimate of drug-likeness (QED) is 0.213. The fourth-order valence-electron chi connectivity index (χ4n) is 4.93. The van der Waals surface area contributed by atoms with E-state index in [1.54, 1.807) is 6.20 Å². The second kappa shape index (κ2) is 10.6. The number of aromatic nitrogens is 1. The number of aryl methyl sites for hydroxylation is 1. The van der Waals surface area contributed by atoms with Crippen LogP contribution in [0.2, 0.25) is 5.02 Å². The maximum Gasteiger partial charge on any atom is 0.174 e. The average Bonchev–Trinajstić information content (AvgIpc) is 3.57. The van der Waals surface area contributed by atoms with Crippen LogP contribution >= 0.6 is 23.8 Å². The van der Waals surface area contributed by atoms with Crippen LogP contribution in [-0.4, -0.2) is 10.1 Å². The van der Waals surface area contributed by atoms with E-state index in [0.29, 0.717) is 10.1 Å². The highest BCUT2D eigenvalue weighted by molar-refractivity contribution is 7.80. The van der Waals surface area contributed by atoms with Gasteiger partial charge in [-0.1, -0.05) is 48.0 Å². The summed E-state index contributed by atoms with van der Waals surface area (Å²) >= 11 is 12.3. The Labute approximate surface area is 238 Å². The Hall–Kier alpha value is -4.13. The number of hydrogen-bond donors (Lipinski definition) is 1. The van der Waals surface area contributed by atoms with Gasteiger partial charge in [-0.25, -0.2) is 0 Å². The number of nitrogens with one attached hydrogen (secondary N) is 1. The van der Waals surface area contributed by atoms with E-state index in [9.17, 15) is 0 Å². The van der Waals surface area contributed by atoms with Crippen molar-refractivity contribution in [2.45, 2.75) is 25.9 Å². The maximum absolute atomic E-state index is 6.50. The second-order valence-corrected chi connectivity index (χ2v) is 10.3. The number of halogens is 1. The van der Waals surface area contributed by atoms with Crippen LogP contribution in [0.4, 0.5) is 5.69 Å². The van der Waals surface area contributed by atoms with Gasteiger partial charge in [0, 0.05) is 22.5 Å². The highest BCUT2D eigenvalue weighted by Crippen LogP contribution is 2.43. The van der Waals surface area contributed by atoms with E-state index in [1.807, 2.05) is 111 Å². The lowest BCUT2D eigenvalue weighted by Crippen LogP contribution is -2.29. The monoisotopic (exact) mass is 551 g/mol. The van der Waals surface area contributed by atoms with E-state index in [1.165, 1.54) is 0 Å². The number of para-hydroxylation sites is 1. The number of thiocarbonyl (C=S) groups is 1. The third kappa shape index (κ3) is 4.89. The van der Waals surface area contributed by atoms with Crippen molar-refractivity contribution in [2.24, 2.45) is 0 Å². The van der Waals surface area contributed by atoms with E-state index in [0.717, 1.165) is 51.1 Å². The first-order valence-corrected chi connectivity index (χ1v) is 13.5. The van der Waals surface area contributed by atoms with E-state index in [4.69, 9.17) is 33.0 Å². The first kappa shape index (κ1) is 25.2. The minimum Gasteiger partial charge on any atom is -0.459 e. The molecule has 5 aromatic rings. The van der Waals surface area contributed by atoms with Gasteiger partial charge in [-0.05, 0) is 97.9 Å². The molecule has 3 heterocycles. The number of rotatable bonds is 6. The highest BCUT2D eigenvalue weighted by Gasteiger charge is 2.42. The van der Waals surface area contributed by atoms with E-state index >= 15 is 0 Å². The molecule has 1 N–H and O–H groups in total. The molecule has 5 nitrogen and oxygen atoms in total. The molecule has 0 unspecified atom stereocenters. The summed E-state index contributed by atoms with van der Waals surface area (Å²) in [4.78, 5) is 6.71. The van der Waals surface area contributed by atoms with Crippen molar-refractivity contribution in [1.29, 1.82) is 0 Å². The molecule has 0 spiro atoms. The summed E-state index contributed by atoms with van der Waals surface area (Å²) in [6.45, 7) is 4.03. The van der Waals surface area contributed by atoms with Gasteiger partial charge in [0.05, 0.1) is 11.7 Å². The number of hydrogen-bond acceptors (Lipinski definition) is 4. The van der Waals surface area contributed by atoms with Gasteiger partial charge in [0.25, 0.3) is 0 Å². The molecule has 1 aliphatic rings. The average molecular weight is 552 g/mol. The number of ether oxygens (including phenoxy) is 1. The lowest BCUT2D eigenvalue weighted by Gasteiger charge is -2.26. The first-order valence-electron chi connectivity index (χ1n) is 12.7. The smallest absolute Gasteiger partial charge is 0.174 e. The Bertz CT molecular complexity index is 1640. The van der Waals surface area contributed by atoms with Crippen molar-refractivity contribution in [3.05, 3.63) is 131 Å². The molecule has 194 valence electrons. The fourth-order valence-corrected chi connectivity index (χ4v) is 5.45. The number of furan rings is 1. The van der Waals surface area contributed by atoms with Gasteiger partial charge in [-0.3, -0.25) is 4.98 Å². The molecule has 0 radical (unpaired) electrons. The first-order chi connectivity index (χ1) is 19.0. The van der Waals surface area contributed by atoms with Crippen LogP contribution in [0.1, 0.15) is 34.7 Å². The lowest BCUT2D eigenvalue weighted by atomic mass is 10.0. The van der Waals surface area contributed by atoms with Gasteiger partial charge in [-0.2, -0.15) is 0 Å². The van der Waals surface area contributed by atoms with Crippen molar-refractivity contribution in [2.75, 3.05) is 4.90 Å². The van der Waals surface area contributed by atoms with Gasteiger partial charge in [0.2, 0.25) is 0 Å². The van der Waals surface area contributed by atoms with Crippen molar-refractivity contribution in [3.8, 4) is 22.8 Å². The van der Waals surface area contributed by atoms with Crippen LogP contribution in [0.25, 0.3) is 11.3 Å². The van der Waals surface area contributed by atoms with Gasteiger partial charge >= 0.3 is 0 Å². The summed E-state index contributed by atoms with van der Waals surface area (Å²) in [7, 11) is 0. The fraction of sp³-hybridized carbons (Fsp3) is 0.125. The molecule has 7 heteroatoms. The number of nitrogens with zero attached hydrogens (tertiary/aromatic N) is 2. The Morgan fingerprint density at radius 2 is 1.69 bits per heavy atom. The summed E-state index contributed by atoms with van der Waals surface area (Å²) in [6, 6.07) is 31.2. The molecule has 0 amide bonds. The molecule has 3 aromatic carbocycles. The minimum atomic E-state index is -0.260. The molecular weight excluding hydrogens is 526 g/mol. The zero-order chi connectivity index (χ0) is 26.9. The predicted molar refractivity (Wildman–Crippen MR) is 160 cm³/mol. The number of pyridine rings is 1. The molecule has 0 bridgehead atoms. The highest BCUT2D eigenvalue weighted by atomic mass is 35.5. The molecule has 39 heavy (non-hydrogen) atoms. The zero-order valence-electron chi connectivity index (χ0n) is 21.5. The summed E-state index contributed by atoms with van der Waals surface area (Å²) in [5, 5.41) is 4.78. The van der Waals surface area contributed by atoms with E-state index in [2.05, 4.69) is 15.2 Å². The summed E-state index contributed by atoms with van der Waals surface area (Å²) in [5.74, 6) is 3.11. The number of anilines is 1. The summed E-state index contributed by atoms with van der Waals surface area (Å²) in [5.41, 5.74) is 4.81. The third-order valence-electron chi connectivity index (χ3n) is 6.99. The van der Waals surface area contributed by atoms with Crippen LogP contribution in [0, 0.1) is 13.8 Å². The van der Waals surface area contributed by atoms with Crippen LogP contribution in [-0.2, 0) is 0 Å². The van der Waals surface area contributed by atoms with Crippen LogP contribution in [0.3, 0.4) is 0 Å². The second-order valence-electron chi connectivity index (χ2n) is 9.47. The normalized spacial score (nSPS) is 16.8. The molecule has 6 rings (SSSR count). The zero-order valence-corrected chi connectivity index (χ0v) is 23.0. The SMILES string of the molecule is Cc1ccccc1Oc1ccc(N2C(=S)N[C@@H](c3ccccn3)[C@H]2c2ccc(-c3cccc(Cl)c3C)o2)cc1. The lowest BCUT2D eigenvalue weighted by molar-refractivity contribution is 0.439. The molecule has 1 fully saturated rings. The minimum absolute atomic E-state index is 0.207. The van der Waals surface area contributed by atoms with E-state index < -0.39 is 0 Å². The Balaban J connectivity index is 1.37. The Morgan fingerprint density at radius 3 is 2.46 bits per heavy atom. The molecular formula is C32H26ClN3O2S. The molecule has 1 aliphatic heterocycles. The Kier molecular flexibility index (Phi) is 6.81. The van der Waals surface area contributed by atoms with Crippen molar-refractivity contribution in [3.63, 3.8) is 0 Å². The molecule has 0 saturated carbocycles. The maximum atomic E-state index is 6.50. The summed E-state index contributed by atoms with van der Waals surface area (Å²) in [6.07, 6.45) is 1.79. The molecule has 2 atom stereocenters. The van der Waals surface area contributed by atoms with Gasteiger partial charge in [0.15, 0.2) is 5.11 Å². The van der Waals surface area contributed by atoms with Crippen molar-refractivity contribution >= 4 is 34.6 Å².